The Balaban J connectivity index is 1.92. The molecule has 1 saturated heterocycles. The van der Waals surface area contributed by atoms with Crippen LogP contribution in [0.4, 0.5) is 5.69 Å². The molecule has 0 bridgehead atoms. The smallest absolute Gasteiger partial charge is 0.229 e. The fraction of sp³-hybridized carbons (Fsp3) is 0.412. The van der Waals surface area contributed by atoms with Gasteiger partial charge in [0.1, 0.15) is 12.4 Å². The molecule has 1 atom stereocenters. The highest BCUT2D eigenvalue weighted by molar-refractivity contribution is 5.97. The normalized spacial score (nSPS) is 17.7. The van der Waals surface area contributed by atoms with E-state index in [1.807, 2.05) is 13.8 Å². The first-order chi connectivity index (χ1) is 10.5. The molecule has 0 radical (unpaired) electrons. The van der Waals surface area contributed by atoms with Gasteiger partial charge in [0.25, 0.3) is 0 Å². The molecule has 118 valence electrons. The molecule has 1 N–H and O–H groups in total. The van der Waals surface area contributed by atoms with E-state index in [4.69, 9.17) is 4.74 Å². The molecule has 22 heavy (non-hydrogen) atoms. The van der Waals surface area contributed by atoms with Crippen molar-refractivity contribution in [2.45, 2.75) is 26.3 Å². The summed E-state index contributed by atoms with van der Waals surface area (Å²) in [6, 6.07) is 7.28. The van der Waals surface area contributed by atoms with E-state index >= 15 is 0 Å². The van der Waals surface area contributed by atoms with Crippen molar-refractivity contribution in [2.24, 2.45) is 5.92 Å². The summed E-state index contributed by atoms with van der Waals surface area (Å²) < 4.78 is 5.39. The lowest BCUT2D eigenvalue weighted by Gasteiger charge is -2.20. The zero-order valence-electron chi connectivity index (χ0n) is 13.0. The lowest BCUT2D eigenvalue weighted by atomic mass is 10.1. The predicted molar refractivity (Wildman–Crippen MR) is 85.7 cm³/mol. The van der Waals surface area contributed by atoms with Gasteiger partial charge in [-0.25, -0.2) is 0 Å². The summed E-state index contributed by atoms with van der Waals surface area (Å²) in [5.41, 5.74) is 0.700. The van der Waals surface area contributed by atoms with Gasteiger partial charge >= 0.3 is 0 Å². The van der Waals surface area contributed by atoms with Crippen LogP contribution in [0.25, 0.3) is 0 Å². The summed E-state index contributed by atoms with van der Waals surface area (Å²) in [5, 5.41) is 2.85. The van der Waals surface area contributed by atoms with Crippen LogP contribution in [0.2, 0.25) is 0 Å². The second-order valence-electron chi connectivity index (χ2n) is 5.65. The monoisotopic (exact) mass is 302 g/mol. The van der Waals surface area contributed by atoms with Gasteiger partial charge in [0.15, 0.2) is 0 Å². The minimum absolute atomic E-state index is 0.0447. The molecule has 2 rings (SSSR count). The number of hydrogen-bond acceptors (Lipinski definition) is 3. The van der Waals surface area contributed by atoms with E-state index in [0.717, 1.165) is 5.75 Å². The number of rotatable bonds is 6. The number of nitrogens with zero attached hydrogens (tertiary/aromatic N) is 1. The van der Waals surface area contributed by atoms with Gasteiger partial charge in [0.2, 0.25) is 11.8 Å². The summed E-state index contributed by atoms with van der Waals surface area (Å²) >= 11 is 0. The highest BCUT2D eigenvalue weighted by Gasteiger charge is 2.35. The van der Waals surface area contributed by atoms with Crippen LogP contribution in [0, 0.1) is 5.92 Å². The number of amides is 2. The zero-order valence-corrected chi connectivity index (χ0v) is 13.0. The molecular weight excluding hydrogens is 280 g/mol. The first-order valence-corrected chi connectivity index (χ1v) is 7.45. The number of hydrogen-bond donors (Lipinski definition) is 1. The third-order valence-electron chi connectivity index (χ3n) is 3.64. The van der Waals surface area contributed by atoms with Gasteiger partial charge < -0.3 is 15.0 Å². The molecular formula is C17H22N2O3. The number of carbonyl (C=O) groups excluding carboxylic acids is 2. The summed E-state index contributed by atoms with van der Waals surface area (Å²) in [6.07, 6.45) is 1.96. The van der Waals surface area contributed by atoms with E-state index in [1.165, 1.54) is 0 Å². The van der Waals surface area contributed by atoms with Crippen molar-refractivity contribution in [3.05, 3.63) is 36.9 Å². The second kappa shape index (κ2) is 7.11. The number of ether oxygens (including phenoxy) is 1. The molecule has 0 aliphatic carbocycles. The van der Waals surface area contributed by atoms with Gasteiger partial charge in [0.05, 0.1) is 5.92 Å². The van der Waals surface area contributed by atoms with Crippen LogP contribution >= 0.6 is 0 Å². The fourth-order valence-electron chi connectivity index (χ4n) is 2.44. The fourth-order valence-corrected chi connectivity index (χ4v) is 2.44. The van der Waals surface area contributed by atoms with Crippen molar-refractivity contribution in [1.29, 1.82) is 0 Å². The van der Waals surface area contributed by atoms with E-state index in [2.05, 4.69) is 11.9 Å². The van der Waals surface area contributed by atoms with Crippen LogP contribution in [0.1, 0.15) is 20.3 Å². The molecule has 1 aromatic rings. The van der Waals surface area contributed by atoms with Crippen LogP contribution < -0.4 is 10.1 Å². The molecule has 1 aromatic carbocycles. The van der Waals surface area contributed by atoms with Gasteiger partial charge in [-0.05, 0) is 38.1 Å². The number of anilines is 1. The molecule has 1 aliphatic heterocycles. The Hall–Kier alpha value is -2.30. The average molecular weight is 302 g/mol. The number of likely N-dealkylation sites (tertiary alicyclic amines) is 1. The average Bonchev–Trinajstić information content (AvgIpc) is 2.89. The van der Waals surface area contributed by atoms with Crippen LogP contribution in [0.3, 0.4) is 0 Å². The number of nitrogens with one attached hydrogen (secondary N) is 1. The SMILES string of the molecule is C=CCOc1ccc(NC(=O)[C@H]2CC(=O)N(C(C)C)C2)cc1. The Morgan fingerprint density at radius 3 is 2.68 bits per heavy atom. The van der Waals surface area contributed by atoms with E-state index in [0.29, 0.717) is 18.8 Å². The van der Waals surface area contributed by atoms with Crippen molar-refractivity contribution in [2.75, 3.05) is 18.5 Å². The third-order valence-corrected chi connectivity index (χ3v) is 3.64. The molecule has 0 spiro atoms. The van der Waals surface area contributed by atoms with Crippen LogP contribution in [0.5, 0.6) is 5.75 Å². The van der Waals surface area contributed by atoms with Gasteiger partial charge in [-0.3, -0.25) is 9.59 Å². The summed E-state index contributed by atoms with van der Waals surface area (Å²) in [7, 11) is 0. The number of benzene rings is 1. The highest BCUT2D eigenvalue weighted by Crippen LogP contribution is 2.22. The van der Waals surface area contributed by atoms with Crippen LogP contribution in [-0.4, -0.2) is 35.9 Å². The molecule has 0 saturated carbocycles. The third kappa shape index (κ3) is 3.87. The largest absolute Gasteiger partial charge is 0.490 e. The van der Waals surface area contributed by atoms with E-state index in [-0.39, 0.29) is 30.2 Å². The Bertz CT molecular complexity index is 552. The van der Waals surface area contributed by atoms with Crippen LogP contribution in [-0.2, 0) is 9.59 Å². The zero-order chi connectivity index (χ0) is 16.1. The second-order valence-corrected chi connectivity index (χ2v) is 5.65. The van der Waals surface area contributed by atoms with Gasteiger partial charge in [-0.2, -0.15) is 0 Å². The predicted octanol–water partition coefficient (Wildman–Crippen LogP) is 2.45. The maximum atomic E-state index is 12.3. The van der Waals surface area contributed by atoms with Crippen molar-refractivity contribution < 1.29 is 14.3 Å². The Morgan fingerprint density at radius 2 is 2.14 bits per heavy atom. The van der Waals surface area contributed by atoms with Crippen molar-refractivity contribution in [3.63, 3.8) is 0 Å². The van der Waals surface area contributed by atoms with Gasteiger partial charge in [-0.15, -0.1) is 0 Å². The van der Waals surface area contributed by atoms with Crippen LogP contribution in [0.15, 0.2) is 36.9 Å². The molecule has 0 unspecified atom stereocenters. The van der Waals surface area contributed by atoms with Crippen molar-refractivity contribution >= 4 is 17.5 Å². The number of carbonyl (C=O) groups is 2. The Morgan fingerprint density at radius 1 is 1.45 bits per heavy atom. The standard InChI is InChI=1S/C17H22N2O3/c1-4-9-22-15-7-5-14(6-8-15)18-17(21)13-10-16(20)19(11-13)12(2)3/h4-8,12-13H,1,9-11H2,2-3H3,(H,18,21)/t13-/m0/s1. The summed E-state index contributed by atoms with van der Waals surface area (Å²) in [4.78, 5) is 25.8. The minimum atomic E-state index is -0.286. The Kier molecular flexibility index (Phi) is 5.20. The molecule has 1 aliphatic rings. The Labute approximate surface area is 130 Å². The van der Waals surface area contributed by atoms with E-state index in [9.17, 15) is 9.59 Å². The summed E-state index contributed by atoms with van der Waals surface area (Å²) in [5.74, 6) is 0.367. The molecule has 2 amide bonds. The van der Waals surface area contributed by atoms with Crippen molar-refractivity contribution in [3.8, 4) is 5.75 Å². The quantitative estimate of drug-likeness (QED) is 0.821. The van der Waals surface area contributed by atoms with Crippen molar-refractivity contribution in [1.82, 2.24) is 4.90 Å². The maximum absolute atomic E-state index is 12.3. The highest BCUT2D eigenvalue weighted by atomic mass is 16.5. The molecule has 0 aromatic heterocycles. The van der Waals surface area contributed by atoms with Gasteiger partial charge in [-0.1, -0.05) is 12.7 Å². The topological polar surface area (TPSA) is 58.6 Å². The molecule has 1 fully saturated rings. The lowest BCUT2D eigenvalue weighted by molar-refractivity contribution is -0.129. The lowest BCUT2D eigenvalue weighted by Crippen LogP contribution is -2.33. The first-order valence-electron chi connectivity index (χ1n) is 7.45. The maximum Gasteiger partial charge on any atom is 0.229 e. The molecule has 5 heteroatoms. The van der Waals surface area contributed by atoms with Gasteiger partial charge in [0, 0.05) is 24.7 Å². The summed E-state index contributed by atoms with van der Waals surface area (Å²) in [6.45, 7) is 8.44. The minimum Gasteiger partial charge on any atom is -0.490 e. The van der Waals surface area contributed by atoms with E-state index < -0.39 is 0 Å². The molecule has 1 heterocycles. The van der Waals surface area contributed by atoms with E-state index in [1.54, 1.807) is 35.2 Å². The first kappa shape index (κ1) is 16.1. The molecule has 5 nitrogen and oxygen atoms in total.